The number of ether oxygens (including phenoxy) is 1. The van der Waals surface area contributed by atoms with Crippen molar-refractivity contribution in [2.24, 2.45) is 5.92 Å². The summed E-state index contributed by atoms with van der Waals surface area (Å²) in [6.45, 7) is 18.3. The Kier molecular flexibility index (Phi) is 10.9. The van der Waals surface area contributed by atoms with Crippen LogP contribution in [0.5, 0.6) is 0 Å². The molecule has 1 amide bonds. The number of carbonyl (C=O) groups excluding carboxylic acids is 1. The number of aryl methyl sites for hydroxylation is 1. The Morgan fingerprint density at radius 3 is 2.41 bits per heavy atom. The first-order chi connectivity index (χ1) is 19.2. The van der Waals surface area contributed by atoms with Crippen molar-refractivity contribution in [2.75, 3.05) is 6.54 Å². The van der Waals surface area contributed by atoms with Gasteiger partial charge in [-0.15, -0.1) is 9.24 Å². The monoisotopic (exact) mass is 574 g/mol. The maximum atomic E-state index is 15.8. The van der Waals surface area contributed by atoms with Crippen molar-refractivity contribution < 1.29 is 13.9 Å². The Hall–Kier alpha value is -2.98. The lowest BCUT2D eigenvalue weighted by atomic mass is 9.86. The number of hydrogen-bond donors (Lipinski definition) is 0. The normalized spacial score (nSPS) is 12.2. The van der Waals surface area contributed by atoms with Crippen LogP contribution in [0.1, 0.15) is 70.7 Å². The van der Waals surface area contributed by atoms with E-state index >= 15 is 4.39 Å². The summed E-state index contributed by atoms with van der Waals surface area (Å²) >= 11 is 0. The minimum absolute atomic E-state index is 0.0924. The van der Waals surface area contributed by atoms with Crippen LogP contribution in [0.25, 0.3) is 22.4 Å². The SMILES string of the molecule is Bc1cccc(-c2cccc(-c3cc(F)c(CN(CC(C)CCC(=C)CC)C(=O)OC(C)(C)C)c(C)n3)c2P)c1C. The molecular weight excluding hydrogens is 529 g/mol. The van der Waals surface area contributed by atoms with E-state index in [-0.39, 0.29) is 18.3 Å². The van der Waals surface area contributed by atoms with Crippen LogP contribution in [0.15, 0.2) is 54.6 Å². The third-order valence-corrected chi connectivity index (χ3v) is 8.20. The number of amides is 1. The van der Waals surface area contributed by atoms with Gasteiger partial charge in [0.15, 0.2) is 0 Å². The zero-order chi connectivity index (χ0) is 30.5. The Morgan fingerprint density at radius 2 is 1.78 bits per heavy atom. The molecule has 1 heterocycles. The molecule has 0 aliphatic carbocycles. The fourth-order valence-electron chi connectivity index (χ4n) is 4.87. The smallest absolute Gasteiger partial charge is 0.410 e. The molecule has 2 aromatic carbocycles. The number of aromatic nitrogens is 1. The van der Waals surface area contributed by atoms with Crippen molar-refractivity contribution in [2.45, 2.75) is 79.9 Å². The van der Waals surface area contributed by atoms with Crippen molar-refractivity contribution in [3.63, 3.8) is 0 Å². The summed E-state index contributed by atoms with van der Waals surface area (Å²) in [6.07, 6.45) is 2.30. The Balaban J connectivity index is 1.94. The molecular formula is C34H45BFN2O2P. The van der Waals surface area contributed by atoms with Crippen LogP contribution < -0.4 is 10.8 Å². The molecule has 0 saturated heterocycles. The molecule has 0 aliphatic heterocycles. The first-order valence-electron chi connectivity index (χ1n) is 14.5. The lowest BCUT2D eigenvalue weighted by Crippen LogP contribution is -2.39. The average molecular weight is 575 g/mol. The second-order valence-electron chi connectivity index (χ2n) is 12.2. The van der Waals surface area contributed by atoms with Gasteiger partial charge in [0.2, 0.25) is 0 Å². The number of rotatable bonds is 10. The van der Waals surface area contributed by atoms with Gasteiger partial charge in [0.25, 0.3) is 0 Å². The molecule has 1 aromatic heterocycles. The predicted molar refractivity (Wildman–Crippen MR) is 177 cm³/mol. The van der Waals surface area contributed by atoms with Gasteiger partial charge < -0.3 is 9.64 Å². The third-order valence-electron chi connectivity index (χ3n) is 7.58. The molecule has 0 bridgehead atoms. The van der Waals surface area contributed by atoms with Gasteiger partial charge in [-0.3, -0.25) is 4.98 Å². The summed E-state index contributed by atoms with van der Waals surface area (Å²) in [4.78, 5) is 19.7. The van der Waals surface area contributed by atoms with Gasteiger partial charge in [-0.1, -0.05) is 67.9 Å². The highest BCUT2D eigenvalue weighted by Gasteiger charge is 2.26. The molecule has 0 spiro atoms. The zero-order valence-electron chi connectivity index (χ0n) is 26.0. The minimum atomic E-state index is -0.652. The summed E-state index contributed by atoms with van der Waals surface area (Å²) in [5.41, 5.74) is 7.59. The Labute approximate surface area is 249 Å². The summed E-state index contributed by atoms with van der Waals surface area (Å²) in [5.74, 6) is -0.177. The van der Waals surface area contributed by atoms with Crippen LogP contribution in [0.3, 0.4) is 0 Å². The van der Waals surface area contributed by atoms with Gasteiger partial charge >= 0.3 is 6.09 Å². The number of nitrogens with zero attached hydrogens (tertiary/aromatic N) is 2. The van der Waals surface area contributed by atoms with E-state index < -0.39 is 11.7 Å². The first-order valence-corrected chi connectivity index (χ1v) is 15.1. The van der Waals surface area contributed by atoms with Crippen molar-refractivity contribution >= 4 is 33.9 Å². The average Bonchev–Trinajstić information content (AvgIpc) is 2.89. The van der Waals surface area contributed by atoms with E-state index in [9.17, 15) is 4.79 Å². The second kappa shape index (κ2) is 13.8. The standard InChI is InChI=1S/C34H45BFN2O2P/c1-9-21(2)16-17-22(3)19-38(33(39)40-34(6,7)8)20-28-24(5)37-31(18-30(28)36)27-14-10-13-26(32(27)41)25-12-11-15-29(35)23(25)4/h10-15,18,22H,2,9,16-17,19-20,35,41H2,1,3-8H3. The van der Waals surface area contributed by atoms with Crippen molar-refractivity contribution in [3.8, 4) is 22.4 Å². The molecule has 0 saturated carbocycles. The van der Waals surface area contributed by atoms with Gasteiger partial charge in [0.05, 0.1) is 12.2 Å². The lowest BCUT2D eigenvalue weighted by Gasteiger charge is -2.30. The molecule has 0 N–H and O–H groups in total. The second-order valence-corrected chi connectivity index (χ2v) is 12.8. The van der Waals surface area contributed by atoms with Gasteiger partial charge in [-0.2, -0.15) is 0 Å². The third kappa shape index (κ3) is 8.52. The topological polar surface area (TPSA) is 42.4 Å². The Morgan fingerprint density at radius 1 is 1.15 bits per heavy atom. The van der Waals surface area contributed by atoms with E-state index in [2.05, 4.69) is 68.7 Å². The van der Waals surface area contributed by atoms with E-state index in [0.29, 0.717) is 23.5 Å². The quantitative estimate of drug-likeness (QED) is 0.148. The molecule has 218 valence electrons. The molecule has 41 heavy (non-hydrogen) atoms. The van der Waals surface area contributed by atoms with Crippen molar-refractivity contribution in [1.29, 1.82) is 0 Å². The van der Waals surface area contributed by atoms with E-state index in [1.165, 1.54) is 22.7 Å². The largest absolute Gasteiger partial charge is 0.444 e. The number of pyridine rings is 1. The van der Waals surface area contributed by atoms with Gasteiger partial charge in [0.1, 0.15) is 19.3 Å². The molecule has 7 heteroatoms. The highest BCUT2D eigenvalue weighted by Crippen LogP contribution is 2.29. The molecule has 4 nitrogen and oxygen atoms in total. The summed E-state index contributed by atoms with van der Waals surface area (Å²) in [7, 11) is 4.93. The maximum Gasteiger partial charge on any atom is 0.410 e. The lowest BCUT2D eigenvalue weighted by molar-refractivity contribution is 0.0202. The van der Waals surface area contributed by atoms with Gasteiger partial charge in [-0.05, 0) is 81.8 Å². The summed E-state index contributed by atoms with van der Waals surface area (Å²) in [5, 5.41) is 0.970. The van der Waals surface area contributed by atoms with Crippen LogP contribution in [-0.4, -0.2) is 36.0 Å². The molecule has 2 unspecified atom stereocenters. The van der Waals surface area contributed by atoms with Crippen LogP contribution >= 0.6 is 9.24 Å². The minimum Gasteiger partial charge on any atom is -0.444 e. The van der Waals surface area contributed by atoms with Crippen LogP contribution in [0, 0.1) is 25.6 Å². The number of benzene rings is 2. The highest BCUT2D eigenvalue weighted by molar-refractivity contribution is 7.28. The van der Waals surface area contributed by atoms with Crippen molar-refractivity contribution in [1.82, 2.24) is 9.88 Å². The van der Waals surface area contributed by atoms with E-state index in [1.807, 2.05) is 32.9 Å². The number of halogens is 1. The predicted octanol–water partition coefficient (Wildman–Crippen LogP) is 7.05. The van der Waals surface area contributed by atoms with Crippen LogP contribution in [0.4, 0.5) is 9.18 Å². The highest BCUT2D eigenvalue weighted by atomic mass is 31.0. The zero-order valence-corrected chi connectivity index (χ0v) is 27.2. The molecule has 0 fully saturated rings. The van der Waals surface area contributed by atoms with E-state index in [1.54, 1.807) is 11.8 Å². The molecule has 2 atom stereocenters. The van der Waals surface area contributed by atoms with Gasteiger partial charge in [-0.25, -0.2) is 9.18 Å². The van der Waals surface area contributed by atoms with Crippen LogP contribution in [-0.2, 0) is 11.3 Å². The Bertz CT molecular complexity index is 1390. The number of allylic oxidation sites excluding steroid dienone is 1. The summed E-state index contributed by atoms with van der Waals surface area (Å²) in [6, 6.07) is 13.8. The fourth-order valence-corrected chi connectivity index (χ4v) is 5.37. The van der Waals surface area contributed by atoms with Crippen LogP contribution in [0.2, 0.25) is 0 Å². The number of hydrogen-bond acceptors (Lipinski definition) is 3. The fraction of sp³-hybridized carbons (Fsp3) is 0.412. The maximum absolute atomic E-state index is 15.8. The van der Waals surface area contributed by atoms with E-state index in [0.717, 1.165) is 41.3 Å². The molecule has 3 aromatic rings. The number of carbonyl (C=O) groups is 1. The van der Waals surface area contributed by atoms with Crippen molar-refractivity contribution in [3.05, 3.63) is 77.3 Å². The van der Waals surface area contributed by atoms with E-state index in [4.69, 9.17) is 9.72 Å². The summed E-state index contributed by atoms with van der Waals surface area (Å²) < 4.78 is 21.5. The first kappa shape index (κ1) is 32.5. The molecule has 3 rings (SSSR count). The molecule has 0 aliphatic rings. The van der Waals surface area contributed by atoms with Gasteiger partial charge in [0, 0.05) is 29.4 Å². The molecule has 0 radical (unpaired) electrons.